The second-order valence-electron chi connectivity index (χ2n) is 6.78. The Hall–Kier alpha value is -0.950. The van der Waals surface area contributed by atoms with Gasteiger partial charge in [0.1, 0.15) is 11.6 Å². The number of aromatic nitrogens is 3. The third kappa shape index (κ3) is 3.76. The van der Waals surface area contributed by atoms with Crippen LogP contribution in [0.4, 0.5) is 0 Å². The number of aryl methyl sites for hydroxylation is 1. The maximum atomic E-state index is 12.3. The van der Waals surface area contributed by atoms with Crippen molar-refractivity contribution in [1.82, 2.24) is 19.1 Å². The predicted molar refractivity (Wildman–Crippen MR) is 89.8 cm³/mol. The van der Waals surface area contributed by atoms with Gasteiger partial charge in [0.2, 0.25) is 10.0 Å². The third-order valence-corrected chi connectivity index (χ3v) is 7.06. The Morgan fingerprint density at radius 3 is 2.61 bits per heavy atom. The largest absolute Gasteiger partial charge is 0.315 e. The number of rotatable bonds is 5. The Kier molecular flexibility index (Phi) is 5.36. The quantitative estimate of drug-likeness (QED) is 0.825. The van der Waals surface area contributed by atoms with Crippen molar-refractivity contribution in [2.24, 2.45) is 0 Å². The van der Waals surface area contributed by atoms with E-state index < -0.39 is 10.0 Å². The molecular formula is C16H28N4O2S. The van der Waals surface area contributed by atoms with Gasteiger partial charge in [-0.15, -0.1) is 10.2 Å². The van der Waals surface area contributed by atoms with Crippen LogP contribution in [0.5, 0.6) is 0 Å². The minimum absolute atomic E-state index is 0.286. The molecule has 23 heavy (non-hydrogen) atoms. The first-order valence-electron chi connectivity index (χ1n) is 9.01. The number of sulfonamides is 1. The molecule has 0 spiro atoms. The van der Waals surface area contributed by atoms with Gasteiger partial charge in [0.05, 0.1) is 5.75 Å². The van der Waals surface area contributed by atoms with Gasteiger partial charge in [-0.1, -0.05) is 19.8 Å². The molecule has 7 heteroatoms. The highest BCUT2D eigenvalue weighted by Crippen LogP contribution is 2.30. The van der Waals surface area contributed by atoms with Crippen molar-refractivity contribution in [3.63, 3.8) is 0 Å². The fourth-order valence-electron chi connectivity index (χ4n) is 3.66. The van der Waals surface area contributed by atoms with Crippen LogP contribution in [-0.2, 0) is 23.0 Å². The summed E-state index contributed by atoms with van der Waals surface area (Å²) >= 11 is 0. The molecule has 0 bridgehead atoms. The lowest BCUT2D eigenvalue weighted by atomic mass is 9.97. The number of hydrogen-bond acceptors (Lipinski definition) is 4. The first-order valence-corrected chi connectivity index (χ1v) is 10.6. The molecule has 2 aliphatic heterocycles. The van der Waals surface area contributed by atoms with Crippen molar-refractivity contribution >= 4 is 10.0 Å². The van der Waals surface area contributed by atoms with Gasteiger partial charge in [-0.05, 0) is 32.1 Å². The minimum Gasteiger partial charge on any atom is -0.315 e. The molecule has 0 radical (unpaired) electrons. The van der Waals surface area contributed by atoms with E-state index in [1.807, 2.05) is 6.92 Å². The summed E-state index contributed by atoms with van der Waals surface area (Å²) in [6, 6.07) is 0. The SMILES string of the molecule is CCCCS(=O)(=O)N1CCC(c2nnc3n2CCCCC3)CC1. The molecule has 3 rings (SSSR count). The zero-order valence-electron chi connectivity index (χ0n) is 14.1. The van der Waals surface area contributed by atoms with Crippen molar-refractivity contribution in [3.05, 3.63) is 11.6 Å². The molecule has 2 aliphatic rings. The molecule has 6 nitrogen and oxygen atoms in total. The van der Waals surface area contributed by atoms with Gasteiger partial charge in [0.25, 0.3) is 0 Å². The summed E-state index contributed by atoms with van der Waals surface area (Å²) in [5, 5.41) is 8.83. The van der Waals surface area contributed by atoms with E-state index in [1.54, 1.807) is 4.31 Å². The average Bonchev–Trinajstić information content (AvgIpc) is 2.81. The first kappa shape index (κ1) is 16.9. The van der Waals surface area contributed by atoms with Crippen LogP contribution in [0.1, 0.15) is 69.4 Å². The van der Waals surface area contributed by atoms with Crippen molar-refractivity contribution in [2.75, 3.05) is 18.8 Å². The van der Waals surface area contributed by atoms with Gasteiger partial charge in [0, 0.05) is 32.0 Å². The van der Waals surface area contributed by atoms with E-state index in [4.69, 9.17) is 0 Å². The second-order valence-corrected chi connectivity index (χ2v) is 8.87. The molecule has 1 aromatic heterocycles. The molecule has 0 atom stereocenters. The lowest BCUT2D eigenvalue weighted by Crippen LogP contribution is -2.39. The summed E-state index contributed by atoms with van der Waals surface area (Å²) in [7, 11) is -3.07. The van der Waals surface area contributed by atoms with Gasteiger partial charge >= 0.3 is 0 Å². The molecule has 3 heterocycles. The molecule has 0 aliphatic carbocycles. The molecule has 1 saturated heterocycles. The first-order chi connectivity index (χ1) is 11.1. The lowest BCUT2D eigenvalue weighted by Gasteiger charge is -2.31. The number of piperidine rings is 1. The molecule has 0 aromatic carbocycles. The summed E-state index contributed by atoms with van der Waals surface area (Å²) in [4.78, 5) is 0. The Morgan fingerprint density at radius 1 is 1.09 bits per heavy atom. The summed E-state index contributed by atoms with van der Waals surface area (Å²) in [6.45, 7) is 4.29. The normalized spacial score (nSPS) is 21.1. The zero-order valence-corrected chi connectivity index (χ0v) is 14.9. The highest BCUT2D eigenvalue weighted by Gasteiger charge is 2.31. The van der Waals surface area contributed by atoms with Gasteiger partial charge in [-0.2, -0.15) is 0 Å². The van der Waals surface area contributed by atoms with E-state index in [-0.39, 0.29) is 5.75 Å². The third-order valence-electron chi connectivity index (χ3n) is 5.11. The van der Waals surface area contributed by atoms with Crippen LogP contribution in [0.3, 0.4) is 0 Å². The van der Waals surface area contributed by atoms with E-state index in [9.17, 15) is 8.42 Å². The Bertz CT molecular complexity index is 618. The van der Waals surface area contributed by atoms with Gasteiger partial charge in [-0.3, -0.25) is 0 Å². The monoisotopic (exact) mass is 340 g/mol. The molecule has 0 N–H and O–H groups in total. The van der Waals surface area contributed by atoms with Crippen molar-refractivity contribution < 1.29 is 8.42 Å². The number of fused-ring (bicyclic) bond motifs is 1. The maximum Gasteiger partial charge on any atom is 0.214 e. The van der Waals surface area contributed by atoms with Crippen molar-refractivity contribution in [3.8, 4) is 0 Å². The van der Waals surface area contributed by atoms with Crippen LogP contribution in [0.15, 0.2) is 0 Å². The lowest BCUT2D eigenvalue weighted by molar-refractivity contribution is 0.308. The Labute approximate surface area is 139 Å². The topological polar surface area (TPSA) is 68.1 Å². The summed E-state index contributed by atoms with van der Waals surface area (Å²) in [5.41, 5.74) is 0. The van der Waals surface area contributed by atoms with E-state index in [2.05, 4.69) is 14.8 Å². The van der Waals surface area contributed by atoms with Crippen LogP contribution < -0.4 is 0 Å². The number of unbranched alkanes of at least 4 members (excludes halogenated alkanes) is 1. The zero-order chi connectivity index (χ0) is 16.3. The van der Waals surface area contributed by atoms with E-state index in [0.717, 1.165) is 50.3 Å². The predicted octanol–water partition coefficient (Wildman–Crippen LogP) is 2.31. The molecular weight excluding hydrogens is 312 g/mol. The maximum absolute atomic E-state index is 12.3. The van der Waals surface area contributed by atoms with Crippen LogP contribution in [0.25, 0.3) is 0 Å². The van der Waals surface area contributed by atoms with Crippen LogP contribution in [0.2, 0.25) is 0 Å². The molecule has 1 aromatic rings. The number of hydrogen-bond donors (Lipinski definition) is 0. The van der Waals surface area contributed by atoms with Crippen molar-refractivity contribution in [1.29, 1.82) is 0 Å². The summed E-state index contributed by atoms with van der Waals surface area (Å²) in [5.74, 6) is 2.85. The molecule has 0 amide bonds. The molecule has 130 valence electrons. The Balaban J connectivity index is 1.64. The van der Waals surface area contributed by atoms with Gasteiger partial charge in [-0.25, -0.2) is 12.7 Å². The van der Waals surface area contributed by atoms with E-state index in [1.165, 1.54) is 19.3 Å². The average molecular weight is 340 g/mol. The van der Waals surface area contributed by atoms with Crippen molar-refractivity contribution in [2.45, 2.75) is 70.8 Å². The second kappa shape index (κ2) is 7.30. The smallest absolute Gasteiger partial charge is 0.214 e. The summed E-state index contributed by atoms with van der Waals surface area (Å²) < 4.78 is 28.6. The number of nitrogens with zero attached hydrogens (tertiary/aromatic N) is 4. The molecule has 1 fully saturated rings. The summed E-state index contributed by atoms with van der Waals surface area (Å²) in [6.07, 6.45) is 8.08. The highest BCUT2D eigenvalue weighted by atomic mass is 32.2. The van der Waals surface area contributed by atoms with Crippen LogP contribution >= 0.6 is 0 Å². The van der Waals surface area contributed by atoms with Gasteiger partial charge in [0.15, 0.2) is 0 Å². The minimum atomic E-state index is -3.07. The van der Waals surface area contributed by atoms with E-state index in [0.29, 0.717) is 19.0 Å². The standard InChI is InChI=1S/C16H28N4O2S/c1-2-3-13-23(21,22)19-11-8-14(9-12-19)16-18-17-15-7-5-4-6-10-20(15)16/h14H,2-13H2,1H3. The van der Waals surface area contributed by atoms with Crippen LogP contribution in [-0.4, -0.2) is 46.3 Å². The molecule has 0 saturated carbocycles. The fourth-order valence-corrected chi connectivity index (χ4v) is 5.34. The molecule has 0 unspecified atom stereocenters. The Morgan fingerprint density at radius 2 is 1.87 bits per heavy atom. The van der Waals surface area contributed by atoms with Crippen LogP contribution in [0, 0.1) is 0 Å². The van der Waals surface area contributed by atoms with Gasteiger partial charge < -0.3 is 4.57 Å². The van der Waals surface area contributed by atoms with E-state index >= 15 is 0 Å². The fraction of sp³-hybridized carbons (Fsp3) is 0.875. The highest BCUT2D eigenvalue weighted by molar-refractivity contribution is 7.89.